The van der Waals surface area contributed by atoms with Crippen LogP contribution in [0.1, 0.15) is 13.8 Å². The molecule has 1 aliphatic rings. The van der Waals surface area contributed by atoms with Gasteiger partial charge in [0.05, 0.1) is 22.4 Å². The zero-order valence-corrected chi connectivity index (χ0v) is 13.2. The van der Waals surface area contributed by atoms with Crippen molar-refractivity contribution < 1.29 is 14.3 Å². The molecule has 0 aromatic heterocycles. The molecule has 1 aromatic carbocycles. The van der Waals surface area contributed by atoms with Crippen LogP contribution in [0.25, 0.3) is 0 Å². The van der Waals surface area contributed by atoms with E-state index in [2.05, 4.69) is 10.6 Å². The van der Waals surface area contributed by atoms with Crippen molar-refractivity contribution in [1.82, 2.24) is 0 Å². The first-order chi connectivity index (χ1) is 9.38. The van der Waals surface area contributed by atoms with E-state index in [0.29, 0.717) is 22.1 Å². The standard InChI is InChI=1S/C13H16ClN3O3.ClH/c1-6(2)12(15)13(19)17-8-4-10-9(3-7(8)14)16-11(18)5-20-10;/h3-4,6,12H,5,15H2,1-2H3,(H,16,18)(H,17,19);1H. The summed E-state index contributed by atoms with van der Waals surface area (Å²) >= 11 is 6.07. The fourth-order valence-corrected chi connectivity index (χ4v) is 1.93. The molecule has 116 valence electrons. The number of rotatable bonds is 3. The Morgan fingerprint density at radius 3 is 2.76 bits per heavy atom. The summed E-state index contributed by atoms with van der Waals surface area (Å²) in [5, 5.41) is 5.61. The van der Waals surface area contributed by atoms with Crippen molar-refractivity contribution in [1.29, 1.82) is 0 Å². The van der Waals surface area contributed by atoms with Crippen molar-refractivity contribution in [2.24, 2.45) is 11.7 Å². The molecule has 4 N–H and O–H groups in total. The molecule has 0 radical (unpaired) electrons. The van der Waals surface area contributed by atoms with Crippen molar-refractivity contribution >= 4 is 47.2 Å². The van der Waals surface area contributed by atoms with Crippen LogP contribution in [0, 0.1) is 5.92 Å². The highest BCUT2D eigenvalue weighted by atomic mass is 35.5. The Balaban J connectivity index is 0.00000220. The lowest BCUT2D eigenvalue weighted by molar-refractivity contribution is -0.119. The van der Waals surface area contributed by atoms with Crippen LogP contribution >= 0.6 is 24.0 Å². The minimum absolute atomic E-state index is 0. The van der Waals surface area contributed by atoms with Crippen molar-refractivity contribution in [3.8, 4) is 5.75 Å². The molecule has 0 spiro atoms. The van der Waals surface area contributed by atoms with Gasteiger partial charge in [-0.25, -0.2) is 0 Å². The zero-order chi connectivity index (χ0) is 14.9. The van der Waals surface area contributed by atoms with Crippen LogP contribution in [0.2, 0.25) is 5.02 Å². The summed E-state index contributed by atoms with van der Waals surface area (Å²) in [6.07, 6.45) is 0. The molecule has 6 nitrogen and oxygen atoms in total. The highest BCUT2D eigenvalue weighted by Gasteiger charge is 2.21. The summed E-state index contributed by atoms with van der Waals surface area (Å²) in [6.45, 7) is 3.65. The minimum Gasteiger partial charge on any atom is -0.482 e. The Morgan fingerprint density at radius 1 is 1.48 bits per heavy atom. The molecular weight excluding hydrogens is 317 g/mol. The summed E-state index contributed by atoms with van der Waals surface area (Å²) in [7, 11) is 0. The summed E-state index contributed by atoms with van der Waals surface area (Å²) in [4.78, 5) is 23.1. The number of ether oxygens (including phenoxy) is 1. The number of carbonyl (C=O) groups excluding carboxylic acids is 2. The van der Waals surface area contributed by atoms with E-state index < -0.39 is 6.04 Å². The summed E-state index contributed by atoms with van der Waals surface area (Å²) in [5.74, 6) is -0.0850. The highest BCUT2D eigenvalue weighted by molar-refractivity contribution is 6.34. The normalized spacial score (nSPS) is 14.4. The van der Waals surface area contributed by atoms with E-state index in [1.54, 1.807) is 6.07 Å². The number of amides is 2. The molecule has 0 aliphatic carbocycles. The molecule has 1 unspecified atom stereocenters. The number of nitrogens with two attached hydrogens (primary N) is 1. The molecule has 1 heterocycles. The Bertz CT molecular complexity index is 564. The van der Waals surface area contributed by atoms with Gasteiger partial charge in [0.1, 0.15) is 5.75 Å². The lowest BCUT2D eigenvalue weighted by Gasteiger charge is -2.21. The van der Waals surface area contributed by atoms with E-state index in [1.807, 2.05) is 13.8 Å². The van der Waals surface area contributed by atoms with Gasteiger partial charge in [-0.2, -0.15) is 0 Å². The fraction of sp³-hybridized carbons (Fsp3) is 0.385. The van der Waals surface area contributed by atoms with Crippen molar-refractivity contribution in [2.45, 2.75) is 19.9 Å². The monoisotopic (exact) mass is 333 g/mol. The maximum atomic E-state index is 11.9. The van der Waals surface area contributed by atoms with Crippen LogP contribution in [-0.2, 0) is 9.59 Å². The Morgan fingerprint density at radius 2 is 2.14 bits per heavy atom. The smallest absolute Gasteiger partial charge is 0.262 e. The molecule has 0 bridgehead atoms. The molecular formula is C13H17Cl2N3O3. The van der Waals surface area contributed by atoms with Crippen LogP contribution in [0.3, 0.4) is 0 Å². The SMILES string of the molecule is CC(C)C(N)C(=O)Nc1cc2c(cc1Cl)NC(=O)CO2.Cl. The first-order valence-electron chi connectivity index (χ1n) is 6.21. The van der Waals surface area contributed by atoms with Gasteiger partial charge in [-0.3, -0.25) is 9.59 Å². The van der Waals surface area contributed by atoms with Crippen LogP contribution in [0.4, 0.5) is 11.4 Å². The van der Waals surface area contributed by atoms with Crippen LogP contribution in [-0.4, -0.2) is 24.5 Å². The zero-order valence-electron chi connectivity index (χ0n) is 11.6. The third kappa shape index (κ3) is 4.00. The molecule has 1 aromatic rings. The highest BCUT2D eigenvalue weighted by Crippen LogP contribution is 2.36. The molecule has 21 heavy (non-hydrogen) atoms. The molecule has 1 atom stereocenters. The fourth-order valence-electron chi connectivity index (χ4n) is 1.71. The average molecular weight is 334 g/mol. The maximum absolute atomic E-state index is 11.9. The van der Waals surface area contributed by atoms with Crippen molar-refractivity contribution in [3.63, 3.8) is 0 Å². The first kappa shape index (κ1) is 17.6. The van der Waals surface area contributed by atoms with Gasteiger partial charge in [0.25, 0.3) is 5.91 Å². The maximum Gasteiger partial charge on any atom is 0.262 e. The van der Waals surface area contributed by atoms with Crippen molar-refractivity contribution in [2.75, 3.05) is 17.2 Å². The summed E-state index contributed by atoms with van der Waals surface area (Å²) in [6, 6.07) is 2.48. The molecule has 0 saturated carbocycles. The van der Waals surface area contributed by atoms with Gasteiger partial charge in [0.15, 0.2) is 6.61 Å². The average Bonchev–Trinajstić information content (AvgIpc) is 2.38. The number of fused-ring (bicyclic) bond motifs is 1. The third-order valence-corrected chi connectivity index (χ3v) is 3.29. The van der Waals surface area contributed by atoms with E-state index in [4.69, 9.17) is 22.1 Å². The molecule has 1 aliphatic heterocycles. The van der Waals surface area contributed by atoms with Crippen LogP contribution in [0.5, 0.6) is 5.75 Å². The summed E-state index contributed by atoms with van der Waals surface area (Å²) in [5.41, 5.74) is 6.66. The van der Waals surface area contributed by atoms with E-state index >= 15 is 0 Å². The number of anilines is 2. The second-order valence-electron chi connectivity index (χ2n) is 4.92. The number of halogens is 2. The molecule has 2 amide bonds. The molecule has 8 heteroatoms. The van der Waals surface area contributed by atoms with E-state index in [0.717, 1.165) is 0 Å². The molecule has 0 fully saturated rings. The second kappa shape index (κ2) is 6.98. The number of hydrogen-bond donors (Lipinski definition) is 3. The first-order valence-corrected chi connectivity index (χ1v) is 6.59. The quantitative estimate of drug-likeness (QED) is 0.788. The Kier molecular flexibility index (Phi) is 5.83. The van der Waals surface area contributed by atoms with Gasteiger partial charge in [0, 0.05) is 6.07 Å². The molecule has 0 saturated heterocycles. The topological polar surface area (TPSA) is 93.5 Å². The van der Waals surface area contributed by atoms with Crippen molar-refractivity contribution in [3.05, 3.63) is 17.2 Å². The van der Waals surface area contributed by atoms with Crippen LogP contribution in [0.15, 0.2) is 12.1 Å². The second-order valence-corrected chi connectivity index (χ2v) is 5.33. The van der Waals surface area contributed by atoms with E-state index in [1.165, 1.54) is 6.07 Å². The third-order valence-electron chi connectivity index (χ3n) is 2.98. The minimum atomic E-state index is -0.622. The van der Waals surface area contributed by atoms with Gasteiger partial charge in [-0.05, 0) is 12.0 Å². The van der Waals surface area contributed by atoms with E-state index in [-0.39, 0.29) is 36.7 Å². The number of carbonyl (C=O) groups is 2. The Hall–Kier alpha value is -1.50. The predicted molar refractivity (Wildman–Crippen MR) is 84.3 cm³/mol. The van der Waals surface area contributed by atoms with Gasteiger partial charge in [-0.1, -0.05) is 25.4 Å². The lowest BCUT2D eigenvalue weighted by Crippen LogP contribution is -2.39. The number of nitrogens with one attached hydrogen (secondary N) is 2. The lowest BCUT2D eigenvalue weighted by atomic mass is 10.0. The van der Waals surface area contributed by atoms with Gasteiger partial charge in [0.2, 0.25) is 5.91 Å². The molecule has 2 rings (SSSR count). The predicted octanol–water partition coefficient (Wildman–Crippen LogP) is 2.01. The van der Waals surface area contributed by atoms with Gasteiger partial charge in [-0.15, -0.1) is 12.4 Å². The van der Waals surface area contributed by atoms with Crippen LogP contribution < -0.4 is 21.1 Å². The van der Waals surface area contributed by atoms with Gasteiger partial charge >= 0.3 is 0 Å². The number of benzene rings is 1. The van der Waals surface area contributed by atoms with Gasteiger partial charge < -0.3 is 21.1 Å². The summed E-state index contributed by atoms with van der Waals surface area (Å²) < 4.78 is 5.27. The van der Waals surface area contributed by atoms with E-state index in [9.17, 15) is 9.59 Å². The largest absolute Gasteiger partial charge is 0.482 e. The Labute approximate surface area is 133 Å². The number of hydrogen-bond acceptors (Lipinski definition) is 4.